The summed E-state index contributed by atoms with van der Waals surface area (Å²) in [5.41, 5.74) is 0. The van der Waals surface area contributed by atoms with Crippen LogP contribution in [-0.4, -0.2) is 61.6 Å². The minimum atomic E-state index is -0.0266. The molecule has 1 heterocycles. The highest BCUT2D eigenvalue weighted by Crippen LogP contribution is 2.23. The van der Waals surface area contributed by atoms with Gasteiger partial charge in [-0.15, -0.1) is 0 Å². The van der Waals surface area contributed by atoms with Crippen LogP contribution in [0, 0.1) is 11.8 Å². The van der Waals surface area contributed by atoms with Gasteiger partial charge in [-0.25, -0.2) is 0 Å². The summed E-state index contributed by atoms with van der Waals surface area (Å²) < 4.78 is 11.3. The number of hydrogen-bond donors (Lipinski definition) is 1. The summed E-state index contributed by atoms with van der Waals surface area (Å²) >= 11 is 0. The van der Waals surface area contributed by atoms with Crippen LogP contribution in [-0.2, 0) is 23.9 Å². The molecular weight excluding hydrogens is 697 g/mol. The van der Waals surface area contributed by atoms with Crippen LogP contribution in [0.25, 0.3) is 0 Å². The Labute approximate surface area is 347 Å². The van der Waals surface area contributed by atoms with Gasteiger partial charge in [0, 0.05) is 18.9 Å². The highest BCUT2D eigenvalue weighted by Gasteiger charge is 2.18. The molecule has 7 heteroatoms. The van der Waals surface area contributed by atoms with E-state index >= 15 is 0 Å². The largest absolute Gasteiger partial charge is 0.466 e. The highest BCUT2D eigenvalue weighted by molar-refractivity contribution is 5.78. The monoisotopic (exact) mass is 791 g/mol. The van der Waals surface area contributed by atoms with Gasteiger partial charge >= 0.3 is 11.9 Å². The number of likely N-dealkylation sites (tertiary alicyclic amines) is 1. The number of nitrogens with zero attached hydrogens (tertiary/aromatic N) is 1. The first kappa shape index (κ1) is 52.4. The third-order valence-corrected chi connectivity index (χ3v) is 12.2. The van der Waals surface area contributed by atoms with Crippen LogP contribution in [0.3, 0.4) is 0 Å². The van der Waals surface area contributed by atoms with E-state index < -0.39 is 0 Å². The first-order chi connectivity index (χ1) is 27.4. The van der Waals surface area contributed by atoms with E-state index in [2.05, 4.69) is 37.9 Å². The molecule has 0 saturated carbocycles. The van der Waals surface area contributed by atoms with Crippen LogP contribution in [0.5, 0.6) is 0 Å². The molecule has 0 aromatic heterocycles. The molecule has 0 aliphatic carbocycles. The van der Waals surface area contributed by atoms with Crippen molar-refractivity contribution < 1.29 is 23.9 Å². The van der Waals surface area contributed by atoms with Gasteiger partial charge in [-0.1, -0.05) is 182 Å². The minimum Gasteiger partial charge on any atom is -0.466 e. The average molecular weight is 791 g/mol. The number of nitrogens with one attached hydrogen (secondary N) is 1. The molecule has 1 saturated heterocycles. The van der Waals surface area contributed by atoms with Gasteiger partial charge < -0.3 is 14.8 Å². The third kappa shape index (κ3) is 32.3. The number of hydrogen-bond acceptors (Lipinski definition) is 6. The van der Waals surface area contributed by atoms with Crippen molar-refractivity contribution in [3.8, 4) is 0 Å². The predicted octanol–water partition coefficient (Wildman–Crippen LogP) is 13.4. The zero-order valence-corrected chi connectivity index (χ0v) is 37.8. The van der Waals surface area contributed by atoms with Gasteiger partial charge in [0.1, 0.15) is 0 Å². The van der Waals surface area contributed by atoms with Gasteiger partial charge in [0.2, 0.25) is 5.91 Å². The predicted molar refractivity (Wildman–Crippen MR) is 237 cm³/mol. The third-order valence-electron chi connectivity index (χ3n) is 12.2. The van der Waals surface area contributed by atoms with E-state index in [4.69, 9.17) is 9.47 Å². The normalized spacial score (nSPS) is 13.3. The Morgan fingerprint density at radius 3 is 1.21 bits per heavy atom. The van der Waals surface area contributed by atoms with Crippen molar-refractivity contribution in [1.82, 2.24) is 10.2 Å². The van der Waals surface area contributed by atoms with Crippen LogP contribution in [0.4, 0.5) is 0 Å². The Balaban J connectivity index is 2.27. The van der Waals surface area contributed by atoms with Crippen LogP contribution in [0.2, 0.25) is 0 Å². The van der Waals surface area contributed by atoms with Crippen LogP contribution in [0.1, 0.15) is 246 Å². The van der Waals surface area contributed by atoms with E-state index in [1.165, 1.54) is 116 Å². The fourth-order valence-corrected chi connectivity index (χ4v) is 8.51. The van der Waals surface area contributed by atoms with Crippen molar-refractivity contribution in [3.63, 3.8) is 0 Å². The van der Waals surface area contributed by atoms with E-state index in [0.717, 1.165) is 103 Å². The number of carbonyl (C=O) groups excluding carboxylic acids is 3. The van der Waals surface area contributed by atoms with Crippen molar-refractivity contribution in [2.75, 3.05) is 32.8 Å². The Morgan fingerprint density at radius 2 is 0.821 bits per heavy atom. The SMILES string of the molecule is CCCCCC(CCCCC)CCOC(=O)CCCCCCCC(CCCCCCCC(=O)OCCC(CCCCC)CCCCC)NC(=O)CN1CCCC1. The second kappa shape index (κ2) is 38.9. The maximum absolute atomic E-state index is 12.9. The molecule has 330 valence electrons. The van der Waals surface area contributed by atoms with Gasteiger partial charge in [0.15, 0.2) is 0 Å². The first-order valence-corrected chi connectivity index (χ1v) is 24.7. The number of unbranched alkanes of at least 4 members (excludes halogenated alkanes) is 16. The fourth-order valence-electron chi connectivity index (χ4n) is 8.51. The molecule has 1 aliphatic heterocycles. The Morgan fingerprint density at radius 1 is 0.464 bits per heavy atom. The maximum Gasteiger partial charge on any atom is 0.305 e. The number of esters is 2. The zero-order chi connectivity index (χ0) is 40.7. The van der Waals surface area contributed by atoms with Gasteiger partial charge in [-0.2, -0.15) is 0 Å². The Kier molecular flexibility index (Phi) is 36.4. The lowest BCUT2D eigenvalue weighted by Gasteiger charge is -2.21. The molecule has 0 aromatic carbocycles. The molecule has 0 bridgehead atoms. The molecule has 0 radical (unpaired) electrons. The molecule has 1 fully saturated rings. The van der Waals surface area contributed by atoms with E-state index in [1.54, 1.807) is 0 Å². The maximum atomic E-state index is 12.9. The van der Waals surface area contributed by atoms with Gasteiger partial charge in [0.05, 0.1) is 19.8 Å². The van der Waals surface area contributed by atoms with Gasteiger partial charge in [-0.3, -0.25) is 19.3 Å². The van der Waals surface area contributed by atoms with Crippen LogP contribution >= 0.6 is 0 Å². The van der Waals surface area contributed by atoms with Gasteiger partial charge in [-0.05, 0) is 76.3 Å². The summed E-state index contributed by atoms with van der Waals surface area (Å²) in [6.45, 7) is 12.8. The lowest BCUT2D eigenvalue weighted by atomic mass is 9.92. The summed E-state index contributed by atoms with van der Waals surface area (Å²) in [7, 11) is 0. The molecule has 0 unspecified atom stereocenters. The van der Waals surface area contributed by atoms with Gasteiger partial charge in [0.25, 0.3) is 0 Å². The number of amides is 1. The molecular formula is C49H94N2O5. The summed E-state index contributed by atoms with van der Waals surface area (Å²) in [6.07, 6.45) is 38.8. The Hall–Kier alpha value is -1.63. The van der Waals surface area contributed by atoms with E-state index in [9.17, 15) is 14.4 Å². The quantitative estimate of drug-likeness (QED) is 0.0490. The molecule has 1 rings (SSSR count). The summed E-state index contributed by atoms with van der Waals surface area (Å²) in [5, 5.41) is 3.39. The molecule has 1 aliphatic rings. The van der Waals surface area contributed by atoms with Crippen molar-refractivity contribution in [2.24, 2.45) is 11.8 Å². The number of carbonyl (C=O) groups is 3. The van der Waals surface area contributed by atoms with E-state index in [0.29, 0.717) is 44.4 Å². The van der Waals surface area contributed by atoms with Crippen molar-refractivity contribution in [1.29, 1.82) is 0 Å². The molecule has 0 spiro atoms. The highest BCUT2D eigenvalue weighted by atomic mass is 16.5. The molecule has 0 atom stereocenters. The zero-order valence-electron chi connectivity index (χ0n) is 37.8. The summed E-state index contributed by atoms with van der Waals surface area (Å²) in [5.74, 6) is 1.52. The number of ether oxygens (including phenoxy) is 2. The van der Waals surface area contributed by atoms with Crippen molar-refractivity contribution in [2.45, 2.75) is 252 Å². The Bertz CT molecular complexity index is 831. The topological polar surface area (TPSA) is 84.9 Å². The summed E-state index contributed by atoms with van der Waals surface area (Å²) in [6, 6.07) is 0.232. The van der Waals surface area contributed by atoms with E-state index in [1.807, 2.05) is 0 Å². The molecule has 0 aromatic rings. The average Bonchev–Trinajstić information content (AvgIpc) is 3.69. The second-order valence-corrected chi connectivity index (χ2v) is 17.6. The smallest absolute Gasteiger partial charge is 0.305 e. The molecule has 1 N–H and O–H groups in total. The molecule has 7 nitrogen and oxygen atoms in total. The van der Waals surface area contributed by atoms with Crippen molar-refractivity contribution in [3.05, 3.63) is 0 Å². The lowest BCUT2D eigenvalue weighted by Crippen LogP contribution is -2.41. The van der Waals surface area contributed by atoms with Crippen LogP contribution in [0.15, 0.2) is 0 Å². The molecule has 56 heavy (non-hydrogen) atoms. The standard InChI is InChI=1S/C49H94N2O5/c1-5-9-19-29-44(30-20-10-6-2)37-41-55-48(53)35-25-17-13-15-23-33-46(50-47(52)43-51-39-27-28-40-51)34-24-16-14-18-26-36-49(54)56-42-38-45(31-21-11-7-3)32-22-12-8-4/h44-46H,5-43H2,1-4H3,(H,50,52). The lowest BCUT2D eigenvalue weighted by molar-refractivity contribution is -0.145. The van der Waals surface area contributed by atoms with E-state index in [-0.39, 0.29) is 23.9 Å². The fraction of sp³-hybridized carbons (Fsp3) is 0.939. The van der Waals surface area contributed by atoms with Crippen LogP contribution < -0.4 is 5.32 Å². The number of rotatable bonds is 41. The van der Waals surface area contributed by atoms with Crippen molar-refractivity contribution >= 4 is 17.8 Å². The first-order valence-electron chi connectivity index (χ1n) is 24.7. The summed E-state index contributed by atoms with van der Waals surface area (Å²) in [4.78, 5) is 40.0. The molecule has 1 amide bonds. The second-order valence-electron chi connectivity index (χ2n) is 17.6. The minimum absolute atomic E-state index is 0.0266.